The van der Waals surface area contributed by atoms with Gasteiger partial charge in [-0.05, 0) is 98.2 Å². The SMILES string of the molecule is C=C(CC[C@@H](C(=O)OC)[C@H]1CC[C@@]2(C)C3=C(CC[C@]12C)[C@@]1(C)CC[C@H](OC(C)=O)C(C)(C)[C@@H]1CC3)C(C)C. The predicted octanol–water partition coefficient (Wildman–Crippen LogP) is 8.45. The Morgan fingerprint density at radius 3 is 2.26 bits per heavy atom. The quantitative estimate of drug-likeness (QED) is 0.247. The van der Waals surface area contributed by atoms with E-state index in [1.165, 1.54) is 5.57 Å². The van der Waals surface area contributed by atoms with Crippen molar-refractivity contribution in [3.05, 3.63) is 23.3 Å². The molecule has 0 heterocycles. The molecule has 0 amide bonds. The summed E-state index contributed by atoms with van der Waals surface area (Å²) in [6.07, 6.45) is 10.6. The van der Waals surface area contributed by atoms with Crippen molar-refractivity contribution >= 4 is 11.9 Å². The molecular weight excluding hydrogens is 472 g/mol. The number of rotatable bonds is 7. The molecule has 214 valence electrons. The lowest BCUT2D eigenvalue weighted by Crippen LogP contribution is -2.56. The van der Waals surface area contributed by atoms with E-state index >= 15 is 0 Å². The van der Waals surface area contributed by atoms with E-state index in [0.717, 1.165) is 64.2 Å². The average molecular weight is 527 g/mol. The molecule has 0 aromatic rings. The smallest absolute Gasteiger partial charge is 0.308 e. The first-order valence-corrected chi connectivity index (χ1v) is 15.3. The summed E-state index contributed by atoms with van der Waals surface area (Å²) in [6, 6.07) is 0. The Labute approximate surface area is 232 Å². The molecule has 0 aromatic carbocycles. The van der Waals surface area contributed by atoms with Crippen molar-refractivity contribution in [2.75, 3.05) is 7.11 Å². The van der Waals surface area contributed by atoms with E-state index in [1.54, 1.807) is 25.2 Å². The van der Waals surface area contributed by atoms with Crippen LogP contribution in [0.5, 0.6) is 0 Å². The van der Waals surface area contributed by atoms with Crippen LogP contribution in [0, 0.1) is 45.3 Å². The van der Waals surface area contributed by atoms with Crippen molar-refractivity contribution < 1.29 is 19.1 Å². The standard InChI is InChI=1S/C34H54O4/c1-21(2)22(3)11-12-24(30(36)37-10)25-15-19-34(9)27-13-14-28-31(5,6)29(38-23(4)35)17-18-32(28,7)26(27)16-20-33(25,34)8/h21,24-25,28-29H,3,11-20H2,1-2,4-10H3/t24-,25-,28+,29+,32-,33-,34+/m1/s1. The van der Waals surface area contributed by atoms with E-state index in [4.69, 9.17) is 9.47 Å². The van der Waals surface area contributed by atoms with Gasteiger partial charge in [-0.25, -0.2) is 0 Å². The Hall–Kier alpha value is -1.58. The van der Waals surface area contributed by atoms with E-state index in [-0.39, 0.29) is 45.6 Å². The van der Waals surface area contributed by atoms with Crippen molar-refractivity contribution in [2.24, 2.45) is 45.3 Å². The fourth-order valence-electron chi connectivity index (χ4n) is 10.0. The van der Waals surface area contributed by atoms with Gasteiger partial charge in [0.1, 0.15) is 6.10 Å². The molecule has 7 atom stereocenters. The van der Waals surface area contributed by atoms with E-state index in [1.807, 2.05) is 0 Å². The lowest BCUT2D eigenvalue weighted by Gasteiger charge is -2.62. The van der Waals surface area contributed by atoms with Gasteiger partial charge < -0.3 is 9.47 Å². The Balaban J connectivity index is 1.66. The fraction of sp³-hybridized carbons (Fsp3) is 0.824. The van der Waals surface area contributed by atoms with Crippen molar-refractivity contribution in [3.8, 4) is 0 Å². The van der Waals surface area contributed by atoms with Crippen molar-refractivity contribution in [3.63, 3.8) is 0 Å². The fourth-order valence-corrected chi connectivity index (χ4v) is 10.0. The molecule has 0 radical (unpaired) electrons. The van der Waals surface area contributed by atoms with Gasteiger partial charge in [-0.3, -0.25) is 9.59 Å². The topological polar surface area (TPSA) is 52.6 Å². The highest BCUT2D eigenvalue weighted by atomic mass is 16.5. The molecule has 2 saturated carbocycles. The summed E-state index contributed by atoms with van der Waals surface area (Å²) >= 11 is 0. The van der Waals surface area contributed by atoms with Crippen molar-refractivity contribution in [1.82, 2.24) is 0 Å². The van der Waals surface area contributed by atoms with E-state index in [9.17, 15) is 9.59 Å². The minimum atomic E-state index is -0.155. The third-order valence-electron chi connectivity index (χ3n) is 12.6. The zero-order valence-electron chi connectivity index (χ0n) is 25.8. The molecule has 4 heteroatoms. The highest BCUT2D eigenvalue weighted by Gasteiger charge is 2.64. The number of carbonyl (C=O) groups is 2. The summed E-state index contributed by atoms with van der Waals surface area (Å²) in [6.45, 7) is 22.4. The maximum atomic E-state index is 13.2. The van der Waals surface area contributed by atoms with Crippen LogP contribution in [-0.2, 0) is 19.1 Å². The largest absolute Gasteiger partial charge is 0.469 e. The van der Waals surface area contributed by atoms with Gasteiger partial charge in [-0.15, -0.1) is 0 Å². The van der Waals surface area contributed by atoms with Gasteiger partial charge in [0.15, 0.2) is 0 Å². The highest BCUT2D eigenvalue weighted by molar-refractivity contribution is 5.73. The van der Waals surface area contributed by atoms with Crippen molar-refractivity contribution in [1.29, 1.82) is 0 Å². The normalized spacial score (nSPS) is 38.6. The van der Waals surface area contributed by atoms with E-state index in [0.29, 0.717) is 17.8 Å². The zero-order chi connectivity index (χ0) is 28.3. The molecule has 0 aromatic heterocycles. The minimum absolute atomic E-state index is 0.00179. The lowest BCUT2D eigenvalue weighted by molar-refractivity contribution is -0.167. The monoisotopic (exact) mass is 526 g/mol. The molecule has 0 bridgehead atoms. The molecule has 0 N–H and O–H groups in total. The zero-order valence-corrected chi connectivity index (χ0v) is 25.8. The van der Waals surface area contributed by atoms with Gasteiger partial charge in [0.2, 0.25) is 0 Å². The molecule has 4 nitrogen and oxygen atoms in total. The van der Waals surface area contributed by atoms with Gasteiger partial charge in [0, 0.05) is 12.3 Å². The van der Waals surface area contributed by atoms with Crippen LogP contribution in [0.25, 0.3) is 0 Å². The Morgan fingerprint density at radius 2 is 1.66 bits per heavy atom. The van der Waals surface area contributed by atoms with Crippen LogP contribution < -0.4 is 0 Å². The summed E-state index contributed by atoms with van der Waals surface area (Å²) in [7, 11) is 1.56. The van der Waals surface area contributed by atoms with Crippen LogP contribution in [0.4, 0.5) is 0 Å². The molecule has 4 aliphatic carbocycles. The average Bonchev–Trinajstić information content (AvgIpc) is 3.12. The summed E-state index contributed by atoms with van der Waals surface area (Å²) < 4.78 is 11.3. The van der Waals surface area contributed by atoms with Crippen LogP contribution in [0.15, 0.2) is 23.3 Å². The van der Waals surface area contributed by atoms with Crippen LogP contribution in [0.1, 0.15) is 120 Å². The summed E-state index contributed by atoms with van der Waals surface area (Å²) in [4.78, 5) is 25.1. The Bertz CT molecular complexity index is 1000. The maximum Gasteiger partial charge on any atom is 0.308 e. The van der Waals surface area contributed by atoms with Gasteiger partial charge in [0.25, 0.3) is 0 Å². The second kappa shape index (κ2) is 10.1. The molecular formula is C34H54O4. The van der Waals surface area contributed by atoms with Gasteiger partial charge in [-0.1, -0.05) is 71.8 Å². The van der Waals surface area contributed by atoms with Crippen LogP contribution in [-0.4, -0.2) is 25.2 Å². The van der Waals surface area contributed by atoms with E-state index < -0.39 is 0 Å². The van der Waals surface area contributed by atoms with Crippen molar-refractivity contribution in [2.45, 2.75) is 126 Å². The number of esters is 2. The molecule has 0 unspecified atom stereocenters. The number of ether oxygens (including phenoxy) is 2. The van der Waals surface area contributed by atoms with Gasteiger partial charge >= 0.3 is 11.9 Å². The molecule has 4 rings (SSSR count). The maximum absolute atomic E-state index is 13.2. The number of fused-ring (bicyclic) bond motifs is 4. The van der Waals surface area contributed by atoms with Gasteiger partial charge in [-0.2, -0.15) is 0 Å². The molecule has 4 aliphatic rings. The number of hydrogen-bond donors (Lipinski definition) is 0. The van der Waals surface area contributed by atoms with Gasteiger partial charge in [0.05, 0.1) is 13.0 Å². The van der Waals surface area contributed by atoms with Crippen LogP contribution in [0.2, 0.25) is 0 Å². The van der Waals surface area contributed by atoms with Crippen LogP contribution in [0.3, 0.4) is 0 Å². The lowest BCUT2D eigenvalue weighted by atomic mass is 9.43. The predicted molar refractivity (Wildman–Crippen MR) is 153 cm³/mol. The molecule has 0 spiro atoms. The third kappa shape index (κ3) is 4.40. The molecule has 0 aliphatic heterocycles. The number of methoxy groups -OCH3 is 1. The first kappa shape index (κ1) is 29.4. The van der Waals surface area contributed by atoms with Crippen LogP contribution >= 0.6 is 0 Å². The summed E-state index contributed by atoms with van der Waals surface area (Å²) in [5.74, 6) is 1.05. The summed E-state index contributed by atoms with van der Waals surface area (Å²) in [5.41, 5.74) is 5.00. The first-order chi connectivity index (χ1) is 17.6. The first-order valence-electron chi connectivity index (χ1n) is 15.3. The number of hydrogen-bond acceptors (Lipinski definition) is 4. The number of allylic oxidation sites excluding steroid dienone is 3. The number of carbonyl (C=O) groups excluding carboxylic acids is 2. The Kier molecular flexibility index (Phi) is 7.82. The second-order valence-electron chi connectivity index (χ2n) is 14.8. The third-order valence-corrected chi connectivity index (χ3v) is 12.6. The van der Waals surface area contributed by atoms with E-state index in [2.05, 4.69) is 55.0 Å². The molecule has 0 saturated heterocycles. The molecule has 38 heavy (non-hydrogen) atoms. The Morgan fingerprint density at radius 1 is 0.974 bits per heavy atom. The highest BCUT2D eigenvalue weighted by Crippen LogP contribution is 2.72. The minimum Gasteiger partial charge on any atom is -0.469 e. The second-order valence-corrected chi connectivity index (χ2v) is 14.8. The molecule has 2 fully saturated rings. The summed E-state index contributed by atoms with van der Waals surface area (Å²) in [5, 5.41) is 0.